The van der Waals surface area contributed by atoms with Gasteiger partial charge >= 0.3 is 0 Å². The molecule has 1 N–H and O–H groups in total. The van der Waals surface area contributed by atoms with Crippen LogP contribution in [0.2, 0.25) is 0 Å². The van der Waals surface area contributed by atoms with E-state index in [4.69, 9.17) is 0 Å². The molecular weight excluding hydrogens is 124 g/mol. The summed E-state index contributed by atoms with van der Waals surface area (Å²) < 4.78 is 1.61. The Kier molecular flexibility index (Phi) is 1.31. The van der Waals surface area contributed by atoms with E-state index < -0.39 is 0 Å². The Morgan fingerprint density at radius 2 is 2.38 bits per heavy atom. The third-order valence-electron chi connectivity index (χ3n) is 0.930. The standard InChI is InChI=1S/C3H8N4S/c1-3-4-5-6(2)7(3)8/h5,8H,1-2H3. The summed E-state index contributed by atoms with van der Waals surface area (Å²) >= 11 is 4.05. The Morgan fingerprint density at radius 1 is 1.75 bits per heavy atom. The highest BCUT2D eigenvalue weighted by Crippen LogP contribution is 2.02. The molecule has 0 unspecified atom stereocenters. The van der Waals surface area contributed by atoms with E-state index in [1.807, 2.05) is 14.0 Å². The van der Waals surface area contributed by atoms with Gasteiger partial charge in [-0.3, -0.25) is 0 Å². The Balaban J connectivity index is 2.59. The fourth-order valence-corrected chi connectivity index (χ4v) is 0.534. The van der Waals surface area contributed by atoms with Crippen LogP contribution < -0.4 is 5.53 Å². The number of rotatable bonds is 0. The van der Waals surface area contributed by atoms with Crippen molar-refractivity contribution >= 4 is 18.7 Å². The van der Waals surface area contributed by atoms with Crippen molar-refractivity contribution in [2.75, 3.05) is 7.05 Å². The lowest BCUT2D eigenvalue weighted by molar-refractivity contribution is 0.138. The van der Waals surface area contributed by atoms with Crippen molar-refractivity contribution in [3.8, 4) is 0 Å². The number of amidine groups is 1. The van der Waals surface area contributed by atoms with Crippen molar-refractivity contribution in [2.45, 2.75) is 6.92 Å². The Labute approximate surface area is 53.6 Å². The first-order valence-corrected chi connectivity index (χ1v) is 2.64. The van der Waals surface area contributed by atoms with E-state index in [9.17, 15) is 0 Å². The number of nitrogens with zero attached hydrogens (tertiary/aromatic N) is 3. The van der Waals surface area contributed by atoms with Gasteiger partial charge in [0, 0.05) is 7.05 Å². The molecule has 0 radical (unpaired) electrons. The van der Waals surface area contributed by atoms with Crippen LogP contribution in [0, 0.1) is 0 Å². The molecule has 0 aromatic rings. The van der Waals surface area contributed by atoms with Crippen LogP contribution in [0.5, 0.6) is 0 Å². The average molecular weight is 132 g/mol. The molecule has 0 spiro atoms. The van der Waals surface area contributed by atoms with Crippen LogP contribution in [-0.2, 0) is 0 Å². The highest BCUT2D eigenvalue weighted by Gasteiger charge is 2.13. The third kappa shape index (κ3) is 0.740. The Hall–Kier alpha value is -0.420. The van der Waals surface area contributed by atoms with Gasteiger partial charge in [-0.2, -0.15) is 0 Å². The molecular formula is C3H8N4S. The Morgan fingerprint density at radius 3 is 2.50 bits per heavy atom. The van der Waals surface area contributed by atoms with Crippen LogP contribution >= 0.6 is 12.8 Å². The maximum atomic E-state index is 4.05. The zero-order valence-electron chi connectivity index (χ0n) is 4.79. The molecule has 0 atom stereocenters. The highest BCUT2D eigenvalue weighted by molar-refractivity contribution is 7.78. The molecule has 1 rings (SSSR count). The maximum Gasteiger partial charge on any atom is 0.150 e. The SMILES string of the molecule is CC1=NNN(C)N1S. The van der Waals surface area contributed by atoms with Crippen molar-refractivity contribution < 1.29 is 0 Å². The minimum Gasteiger partial charge on any atom is -0.220 e. The van der Waals surface area contributed by atoms with E-state index in [0.717, 1.165) is 5.84 Å². The quantitative estimate of drug-likeness (QED) is 0.449. The normalized spacial score (nSPS) is 20.9. The monoisotopic (exact) mass is 132 g/mol. The van der Waals surface area contributed by atoms with E-state index >= 15 is 0 Å². The fourth-order valence-electron chi connectivity index (χ4n) is 0.449. The zero-order valence-corrected chi connectivity index (χ0v) is 5.68. The van der Waals surface area contributed by atoms with Crippen molar-refractivity contribution in [2.24, 2.45) is 5.10 Å². The first kappa shape index (κ1) is 5.71. The minimum atomic E-state index is 0.843. The van der Waals surface area contributed by atoms with Gasteiger partial charge in [0.15, 0.2) is 0 Å². The van der Waals surface area contributed by atoms with Gasteiger partial charge in [-0.15, -0.1) is 10.2 Å². The van der Waals surface area contributed by atoms with Gasteiger partial charge in [0.05, 0.1) is 0 Å². The van der Waals surface area contributed by atoms with E-state index in [1.54, 1.807) is 9.53 Å². The first-order valence-electron chi connectivity index (χ1n) is 2.24. The second-order valence-corrected chi connectivity index (χ2v) is 1.95. The molecule has 4 nitrogen and oxygen atoms in total. The molecule has 0 aliphatic carbocycles. The number of hydrazone groups is 1. The molecule has 8 heavy (non-hydrogen) atoms. The molecule has 46 valence electrons. The van der Waals surface area contributed by atoms with E-state index in [-0.39, 0.29) is 0 Å². The van der Waals surface area contributed by atoms with Gasteiger partial charge in [-0.1, -0.05) is 0 Å². The van der Waals surface area contributed by atoms with E-state index in [1.165, 1.54) is 0 Å². The smallest absolute Gasteiger partial charge is 0.150 e. The summed E-state index contributed by atoms with van der Waals surface area (Å²) in [6.45, 7) is 1.86. The summed E-state index contributed by atoms with van der Waals surface area (Å²) in [5.74, 6) is 0.843. The lowest BCUT2D eigenvalue weighted by atomic mass is 10.7. The molecule has 1 heterocycles. The van der Waals surface area contributed by atoms with Gasteiger partial charge in [-0.05, 0) is 19.7 Å². The summed E-state index contributed by atoms with van der Waals surface area (Å²) in [5, 5.41) is 5.51. The first-order chi connectivity index (χ1) is 3.72. The van der Waals surface area contributed by atoms with Crippen LogP contribution in [0.25, 0.3) is 0 Å². The van der Waals surface area contributed by atoms with Gasteiger partial charge in [0.25, 0.3) is 0 Å². The van der Waals surface area contributed by atoms with Gasteiger partial charge in [0.2, 0.25) is 0 Å². The number of thiol groups is 1. The lowest BCUT2D eigenvalue weighted by Crippen LogP contribution is -2.34. The van der Waals surface area contributed by atoms with Crippen LogP contribution in [0.1, 0.15) is 6.92 Å². The second-order valence-electron chi connectivity index (χ2n) is 1.57. The van der Waals surface area contributed by atoms with Crippen molar-refractivity contribution in [3.63, 3.8) is 0 Å². The molecule has 0 saturated carbocycles. The van der Waals surface area contributed by atoms with Gasteiger partial charge in [-0.25, -0.2) is 9.95 Å². The predicted molar refractivity (Wildman–Crippen MR) is 34.8 cm³/mol. The molecule has 0 bridgehead atoms. The zero-order chi connectivity index (χ0) is 6.15. The summed E-state index contributed by atoms with van der Waals surface area (Å²) in [5.41, 5.74) is 2.69. The topological polar surface area (TPSA) is 30.9 Å². The lowest BCUT2D eigenvalue weighted by Gasteiger charge is -2.16. The summed E-state index contributed by atoms with van der Waals surface area (Å²) in [6, 6.07) is 0. The van der Waals surface area contributed by atoms with Gasteiger partial charge < -0.3 is 0 Å². The Bertz CT molecular complexity index is 122. The molecule has 0 amide bonds. The largest absolute Gasteiger partial charge is 0.220 e. The molecule has 5 heteroatoms. The van der Waals surface area contributed by atoms with Crippen molar-refractivity contribution in [3.05, 3.63) is 0 Å². The highest BCUT2D eigenvalue weighted by atomic mass is 32.1. The van der Waals surface area contributed by atoms with Crippen molar-refractivity contribution in [1.29, 1.82) is 0 Å². The summed E-state index contributed by atoms with van der Waals surface area (Å²) in [4.78, 5) is 0. The number of nitrogens with one attached hydrogen (secondary N) is 1. The van der Waals surface area contributed by atoms with E-state index in [2.05, 4.69) is 23.5 Å². The molecule has 0 fully saturated rings. The summed E-state index contributed by atoms with van der Waals surface area (Å²) in [6.07, 6.45) is 0. The van der Waals surface area contributed by atoms with Crippen molar-refractivity contribution in [1.82, 2.24) is 15.1 Å². The number of hydrazine groups is 2. The van der Waals surface area contributed by atoms with Crippen LogP contribution in [0.4, 0.5) is 0 Å². The van der Waals surface area contributed by atoms with Crippen LogP contribution in [0.3, 0.4) is 0 Å². The number of hydrogen-bond donors (Lipinski definition) is 2. The molecule has 0 aromatic heterocycles. The molecule has 0 saturated heterocycles. The minimum absolute atomic E-state index is 0.843. The van der Waals surface area contributed by atoms with Crippen LogP contribution in [-0.4, -0.2) is 22.4 Å². The van der Waals surface area contributed by atoms with Gasteiger partial charge in [0.1, 0.15) is 5.84 Å². The molecule has 0 aromatic carbocycles. The maximum absolute atomic E-state index is 4.05. The van der Waals surface area contributed by atoms with E-state index in [0.29, 0.717) is 0 Å². The molecule has 1 aliphatic heterocycles. The number of hydrogen-bond acceptors (Lipinski definition) is 5. The third-order valence-corrected chi connectivity index (χ3v) is 1.49. The fraction of sp³-hybridized carbons (Fsp3) is 0.667. The predicted octanol–water partition coefficient (Wildman–Crippen LogP) is -0.168. The molecule has 1 aliphatic rings. The summed E-state index contributed by atoms with van der Waals surface area (Å²) in [7, 11) is 1.83. The average Bonchev–Trinajstić information content (AvgIpc) is 1.98. The van der Waals surface area contributed by atoms with Crippen LogP contribution in [0.15, 0.2) is 5.10 Å². The second kappa shape index (κ2) is 1.83.